The summed E-state index contributed by atoms with van der Waals surface area (Å²) >= 11 is 0. The molecule has 6 heteroatoms. The second-order valence-electron chi connectivity index (χ2n) is 16.3. The highest BCUT2D eigenvalue weighted by Gasteiger charge is 2.19. The third-order valence-corrected chi connectivity index (χ3v) is 10.1. The van der Waals surface area contributed by atoms with Gasteiger partial charge in [0.1, 0.15) is 13.2 Å². The van der Waals surface area contributed by atoms with Gasteiger partial charge in [0.05, 0.1) is 0 Å². The summed E-state index contributed by atoms with van der Waals surface area (Å²) in [5.41, 5.74) is 0. The number of carbonyl (C=O) groups is 3. The van der Waals surface area contributed by atoms with E-state index >= 15 is 0 Å². The van der Waals surface area contributed by atoms with E-state index in [0.717, 1.165) is 122 Å². The molecule has 0 aliphatic heterocycles. The summed E-state index contributed by atoms with van der Waals surface area (Å²) in [5, 5.41) is 0. The van der Waals surface area contributed by atoms with Crippen LogP contribution in [0.25, 0.3) is 0 Å². The molecule has 0 spiro atoms. The molecule has 0 saturated carbocycles. The predicted octanol–water partition coefficient (Wildman–Crippen LogP) is 17.1. The molecule has 0 N–H and O–H groups in total. The summed E-state index contributed by atoms with van der Waals surface area (Å²) in [7, 11) is 0. The molecule has 0 fully saturated rings. The SMILES string of the molecule is CC/C=C\C/C=C\C/C=C\C/C=C\C/C=C\CCCC(=O)OC[C@@H](COC(=O)CCCC/C=C\C/C=C\C/C=C\CCCCC)OC(=O)CCCCCCC/C=C\C/C=C\C/C=C\CC. The minimum atomic E-state index is -0.830. The summed E-state index contributed by atoms with van der Waals surface area (Å²) in [6.07, 6.45) is 73.0. The van der Waals surface area contributed by atoms with Crippen LogP contribution in [0.15, 0.2) is 134 Å². The van der Waals surface area contributed by atoms with Crippen molar-refractivity contribution in [3.63, 3.8) is 0 Å². The molecular formula is C59H92O6. The van der Waals surface area contributed by atoms with Crippen molar-refractivity contribution >= 4 is 17.9 Å². The average Bonchev–Trinajstić information content (AvgIpc) is 3.30. The number of esters is 3. The Morgan fingerprint density at radius 2 is 0.615 bits per heavy atom. The van der Waals surface area contributed by atoms with Gasteiger partial charge in [0.2, 0.25) is 0 Å². The van der Waals surface area contributed by atoms with Crippen molar-refractivity contribution in [1.29, 1.82) is 0 Å². The largest absolute Gasteiger partial charge is 0.462 e. The summed E-state index contributed by atoms with van der Waals surface area (Å²) in [5.74, 6) is -1.05. The highest BCUT2D eigenvalue weighted by Crippen LogP contribution is 2.11. The summed E-state index contributed by atoms with van der Waals surface area (Å²) in [6.45, 7) is 6.26. The zero-order chi connectivity index (χ0) is 47.2. The minimum Gasteiger partial charge on any atom is -0.462 e. The Balaban J connectivity index is 4.60. The average molecular weight is 897 g/mol. The molecular weight excluding hydrogens is 805 g/mol. The number of unbranched alkanes of at least 4 members (excludes halogenated alkanes) is 11. The Bertz CT molecular complexity index is 1450. The zero-order valence-electron chi connectivity index (χ0n) is 41.4. The lowest BCUT2D eigenvalue weighted by molar-refractivity contribution is -0.167. The standard InChI is InChI=1S/C59H92O6/c1-4-7-10-13-16-19-22-25-28-29-32-34-37-40-43-46-49-52-58(61)64-55-56(65-59(62)53-50-47-44-41-38-35-31-27-24-21-18-15-12-9-6-3)54-63-57(60)51-48-45-42-39-36-33-30-26-23-20-17-14-11-8-5-2/h7,9-10,12,16-21,25-28,30-32,34,36,39-40,43,56H,4-6,8,11,13-15,22-24,29,33,35,37-38,41-42,44-55H2,1-3H3/b10-7-,12-9-,19-16-,20-17-,21-18-,28-25-,30-26-,31-27-,34-32-,39-36-,43-40-/t56-/m1/s1. The van der Waals surface area contributed by atoms with Crippen LogP contribution in [0.1, 0.15) is 201 Å². The molecule has 0 rings (SSSR count). The van der Waals surface area contributed by atoms with E-state index in [2.05, 4.69) is 154 Å². The van der Waals surface area contributed by atoms with Gasteiger partial charge in [-0.3, -0.25) is 14.4 Å². The predicted molar refractivity (Wildman–Crippen MR) is 279 cm³/mol. The number of hydrogen-bond acceptors (Lipinski definition) is 6. The van der Waals surface area contributed by atoms with E-state index in [9.17, 15) is 14.4 Å². The van der Waals surface area contributed by atoms with Crippen molar-refractivity contribution in [2.45, 2.75) is 207 Å². The smallest absolute Gasteiger partial charge is 0.306 e. The van der Waals surface area contributed by atoms with Gasteiger partial charge in [-0.1, -0.05) is 187 Å². The Labute approximate surface area is 398 Å². The molecule has 0 aliphatic rings. The van der Waals surface area contributed by atoms with Crippen LogP contribution < -0.4 is 0 Å². The van der Waals surface area contributed by atoms with E-state index in [-0.39, 0.29) is 44.0 Å². The molecule has 0 aromatic rings. The zero-order valence-corrected chi connectivity index (χ0v) is 41.4. The molecule has 0 bridgehead atoms. The summed E-state index contributed by atoms with van der Waals surface area (Å²) in [6, 6.07) is 0. The van der Waals surface area contributed by atoms with Gasteiger partial charge in [-0.15, -0.1) is 0 Å². The maximum Gasteiger partial charge on any atom is 0.306 e. The Kier molecular flexibility index (Phi) is 48.6. The molecule has 0 aliphatic carbocycles. The van der Waals surface area contributed by atoms with Crippen molar-refractivity contribution in [2.75, 3.05) is 13.2 Å². The van der Waals surface area contributed by atoms with Gasteiger partial charge in [-0.25, -0.2) is 0 Å². The van der Waals surface area contributed by atoms with E-state index in [1.54, 1.807) is 0 Å². The monoisotopic (exact) mass is 897 g/mol. The third-order valence-electron chi connectivity index (χ3n) is 10.1. The topological polar surface area (TPSA) is 78.9 Å². The molecule has 65 heavy (non-hydrogen) atoms. The second-order valence-corrected chi connectivity index (χ2v) is 16.3. The molecule has 0 aromatic heterocycles. The van der Waals surface area contributed by atoms with Crippen LogP contribution in [-0.4, -0.2) is 37.2 Å². The maximum atomic E-state index is 12.8. The van der Waals surface area contributed by atoms with Crippen LogP contribution in [0, 0.1) is 0 Å². The summed E-state index contributed by atoms with van der Waals surface area (Å²) in [4.78, 5) is 38.0. The van der Waals surface area contributed by atoms with Gasteiger partial charge in [-0.05, 0) is 128 Å². The minimum absolute atomic E-state index is 0.128. The van der Waals surface area contributed by atoms with Crippen molar-refractivity contribution < 1.29 is 28.6 Å². The van der Waals surface area contributed by atoms with Gasteiger partial charge >= 0.3 is 17.9 Å². The number of hydrogen-bond donors (Lipinski definition) is 0. The third kappa shape index (κ3) is 50.4. The van der Waals surface area contributed by atoms with Crippen LogP contribution >= 0.6 is 0 Å². The molecule has 0 radical (unpaired) electrons. The van der Waals surface area contributed by atoms with E-state index < -0.39 is 6.10 Å². The fraction of sp³-hybridized carbons (Fsp3) is 0.576. The Morgan fingerprint density at radius 1 is 0.323 bits per heavy atom. The lowest BCUT2D eigenvalue weighted by Gasteiger charge is -2.18. The van der Waals surface area contributed by atoms with Gasteiger partial charge in [-0.2, -0.15) is 0 Å². The van der Waals surface area contributed by atoms with E-state index in [0.29, 0.717) is 19.3 Å². The second kappa shape index (κ2) is 52.2. The maximum absolute atomic E-state index is 12.8. The fourth-order valence-electron chi connectivity index (χ4n) is 6.32. The van der Waals surface area contributed by atoms with E-state index in [1.165, 1.54) is 25.7 Å². The Morgan fingerprint density at radius 3 is 1.03 bits per heavy atom. The van der Waals surface area contributed by atoms with Crippen LogP contribution in [0.3, 0.4) is 0 Å². The first kappa shape index (κ1) is 60.5. The molecule has 364 valence electrons. The van der Waals surface area contributed by atoms with Gasteiger partial charge in [0.15, 0.2) is 6.10 Å². The first-order valence-electron chi connectivity index (χ1n) is 25.7. The van der Waals surface area contributed by atoms with E-state index in [4.69, 9.17) is 14.2 Å². The molecule has 0 amide bonds. The normalized spacial score (nSPS) is 13.2. The fourth-order valence-corrected chi connectivity index (χ4v) is 6.32. The van der Waals surface area contributed by atoms with Crippen LogP contribution in [0.5, 0.6) is 0 Å². The van der Waals surface area contributed by atoms with Crippen molar-refractivity contribution in [2.24, 2.45) is 0 Å². The highest BCUT2D eigenvalue weighted by atomic mass is 16.6. The lowest BCUT2D eigenvalue weighted by Crippen LogP contribution is -2.30. The van der Waals surface area contributed by atoms with Gasteiger partial charge in [0.25, 0.3) is 0 Å². The van der Waals surface area contributed by atoms with Crippen molar-refractivity contribution in [1.82, 2.24) is 0 Å². The first-order chi connectivity index (χ1) is 32.0. The number of rotatable bonds is 44. The van der Waals surface area contributed by atoms with Gasteiger partial charge in [0, 0.05) is 19.3 Å². The van der Waals surface area contributed by atoms with E-state index in [1.807, 2.05) is 0 Å². The number of ether oxygens (including phenoxy) is 3. The molecule has 1 atom stereocenters. The molecule has 0 heterocycles. The van der Waals surface area contributed by atoms with Crippen molar-refractivity contribution in [3.05, 3.63) is 134 Å². The van der Waals surface area contributed by atoms with Crippen LogP contribution in [-0.2, 0) is 28.6 Å². The molecule has 6 nitrogen and oxygen atoms in total. The number of allylic oxidation sites excluding steroid dienone is 22. The van der Waals surface area contributed by atoms with Crippen LogP contribution in [0.2, 0.25) is 0 Å². The molecule has 0 saturated heterocycles. The molecule has 0 aromatic carbocycles. The number of carbonyl (C=O) groups excluding carboxylic acids is 3. The van der Waals surface area contributed by atoms with Crippen molar-refractivity contribution in [3.8, 4) is 0 Å². The quantitative estimate of drug-likeness (QED) is 0.0262. The lowest BCUT2D eigenvalue weighted by atomic mass is 10.1. The summed E-state index contributed by atoms with van der Waals surface area (Å²) < 4.78 is 16.7. The van der Waals surface area contributed by atoms with Crippen LogP contribution in [0.4, 0.5) is 0 Å². The highest BCUT2D eigenvalue weighted by molar-refractivity contribution is 5.71. The first-order valence-corrected chi connectivity index (χ1v) is 25.7. The van der Waals surface area contributed by atoms with Gasteiger partial charge < -0.3 is 14.2 Å². The molecule has 0 unspecified atom stereocenters. The Hall–Kier alpha value is -4.45.